The lowest BCUT2D eigenvalue weighted by molar-refractivity contribution is -0.141. The van der Waals surface area contributed by atoms with Gasteiger partial charge in [-0.3, -0.25) is 4.79 Å². The van der Waals surface area contributed by atoms with Crippen LogP contribution < -0.4 is 0 Å². The van der Waals surface area contributed by atoms with Crippen LogP contribution in [0, 0.1) is 5.92 Å². The van der Waals surface area contributed by atoms with Gasteiger partial charge in [0.25, 0.3) is 0 Å². The van der Waals surface area contributed by atoms with Crippen molar-refractivity contribution in [3.63, 3.8) is 0 Å². The van der Waals surface area contributed by atoms with Gasteiger partial charge in [-0.1, -0.05) is 25.1 Å². The average molecular weight is 284 g/mol. The summed E-state index contributed by atoms with van der Waals surface area (Å²) >= 11 is 1.68. The number of aromatic nitrogens is 4. The molecule has 1 fully saturated rings. The Balaban J connectivity index is 1.89. The molecule has 0 aliphatic heterocycles. The molecule has 1 heterocycles. The molecule has 1 saturated carbocycles. The van der Waals surface area contributed by atoms with Gasteiger partial charge in [0.1, 0.15) is 6.54 Å². The first kappa shape index (κ1) is 14.3. The third-order valence-corrected chi connectivity index (χ3v) is 4.96. The summed E-state index contributed by atoms with van der Waals surface area (Å²) in [7, 11) is 1.37. The first-order valence-corrected chi connectivity index (χ1v) is 7.60. The van der Waals surface area contributed by atoms with Crippen molar-refractivity contribution < 1.29 is 9.53 Å². The van der Waals surface area contributed by atoms with Gasteiger partial charge in [-0.25, -0.2) is 4.68 Å². The predicted octanol–water partition coefficient (Wildman–Crippen LogP) is 1.91. The standard InChI is InChI=1S/C12H20N4O2S/c1-3-9-4-6-10(7-5-9)19-12-13-14-15-16(12)8-11(17)18-2/h9-10H,3-8H2,1-2H3. The van der Waals surface area contributed by atoms with Crippen molar-refractivity contribution >= 4 is 17.7 Å². The SMILES string of the molecule is CCC1CCC(Sc2nnnn2CC(=O)OC)CC1. The van der Waals surface area contributed by atoms with Gasteiger partial charge in [-0.05, 0) is 42.0 Å². The fourth-order valence-electron chi connectivity index (χ4n) is 2.37. The molecule has 0 atom stereocenters. The highest BCUT2D eigenvalue weighted by Gasteiger charge is 2.23. The van der Waals surface area contributed by atoms with Crippen LogP contribution in [0.4, 0.5) is 0 Å². The Morgan fingerprint density at radius 1 is 1.42 bits per heavy atom. The molecule has 2 rings (SSSR count). The van der Waals surface area contributed by atoms with Crippen LogP contribution in [0.3, 0.4) is 0 Å². The number of rotatable bonds is 5. The van der Waals surface area contributed by atoms with E-state index in [9.17, 15) is 4.79 Å². The summed E-state index contributed by atoms with van der Waals surface area (Å²) < 4.78 is 6.15. The third kappa shape index (κ3) is 3.92. The van der Waals surface area contributed by atoms with Crippen molar-refractivity contribution in [2.24, 2.45) is 5.92 Å². The highest BCUT2D eigenvalue weighted by Crippen LogP contribution is 2.35. The normalized spacial score (nSPS) is 23.3. The molecule has 0 bridgehead atoms. The Morgan fingerprint density at radius 2 is 2.16 bits per heavy atom. The van der Waals surface area contributed by atoms with Gasteiger partial charge < -0.3 is 4.74 Å². The molecular weight excluding hydrogens is 264 g/mol. The number of hydrogen-bond acceptors (Lipinski definition) is 6. The molecule has 1 aromatic rings. The van der Waals surface area contributed by atoms with Crippen molar-refractivity contribution in [2.45, 2.75) is 56.0 Å². The second-order valence-corrected chi connectivity index (χ2v) is 6.13. The summed E-state index contributed by atoms with van der Waals surface area (Å²) in [4.78, 5) is 11.3. The molecule has 0 aromatic carbocycles. The minimum absolute atomic E-state index is 0.0795. The molecule has 0 spiro atoms. The number of carbonyl (C=O) groups excluding carboxylic acids is 1. The van der Waals surface area contributed by atoms with Crippen molar-refractivity contribution in [1.82, 2.24) is 20.2 Å². The molecule has 0 unspecified atom stereocenters. The van der Waals surface area contributed by atoms with E-state index in [0.717, 1.165) is 5.92 Å². The Hall–Kier alpha value is -1.11. The highest BCUT2D eigenvalue weighted by atomic mass is 32.2. The number of tetrazole rings is 1. The van der Waals surface area contributed by atoms with Crippen LogP contribution in [0.25, 0.3) is 0 Å². The zero-order valence-electron chi connectivity index (χ0n) is 11.4. The molecule has 106 valence electrons. The van der Waals surface area contributed by atoms with Crippen LogP contribution in [0.15, 0.2) is 5.16 Å². The van der Waals surface area contributed by atoms with Gasteiger partial charge >= 0.3 is 5.97 Å². The lowest BCUT2D eigenvalue weighted by atomic mass is 9.87. The highest BCUT2D eigenvalue weighted by molar-refractivity contribution is 7.99. The second kappa shape index (κ2) is 6.88. The average Bonchev–Trinajstić information content (AvgIpc) is 2.86. The quantitative estimate of drug-likeness (QED) is 0.769. The molecule has 0 saturated heterocycles. The van der Waals surface area contributed by atoms with E-state index in [1.165, 1.54) is 43.9 Å². The fourth-order valence-corrected chi connectivity index (χ4v) is 3.49. The molecule has 1 aliphatic rings. The first-order valence-electron chi connectivity index (χ1n) is 6.72. The van der Waals surface area contributed by atoms with Crippen LogP contribution in [0.2, 0.25) is 0 Å². The van der Waals surface area contributed by atoms with Gasteiger partial charge in [0.05, 0.1) is 7.11 Å². The van der Waals surface area contributed by atoms with Crippen molar-refractivity contribution in [3.8, 4) is 0 Å². The molecule has 19 heavy (non-hydrogen) atoms. The summed E-state index contributed by atoms with van der Waals surface area (Å²) in [5.41, 5.74) is 0. The summed E-state index contributed by atoms with van der Waals surface area (Å²) in [5, 5.41) is 12.7. The Kier molecular flexibility index (Phi) is 5.18. The summed E-state index contributed by atoms with van der Waals surface area (Å²) in [6.07, 6.45) is 6.25. The number of methoxy groups -OCH3 is 1. The van der Waals surface area contributed by atoms with Gasteiger partial charge in [0.15, 0.2) is 0 Å². The van der Waals surface area contributed by atoms with Crippen LogP contribution in [0.5, 0.6) is 0 Å². The molecule has 6 nitrogen and oxygen atoms in total. The second-order valence-electron chi connectivity index (χ2n) is 4.86. The Labute approximate surface area is 117 Å². The van der Waals surface area contributed by atoms with Gasteiger partial charge in [0, 0.05) is 5.25 Å². The number of hydrogen-bond donors (Lipinski definition) is 0. The van der Waals surface area contributed by atoms with E-state index < -0.39 is 0 Å². The zero-order valence-corrected chi connectivity index (χ0v) is 12.2. The van der Waals surface area contributed by atoms with Crippen molar-refractivity contribution in [3.05, 3.63) is 0 Å². The van der Waals surface area contributed by atoms with Gasteiger partial charge in [0.2, 0.25) is 5.16 Å². The maximum absolute atomic E-state index is 11.3. The van der Waals surface area contributed by atoms with Crippen LogP contribution >= 0.6 is 11.8 Å². The number of nitrogens with zero attached hydrogens (tertiary/aromatic N) is 4. The van der Waals surface area contributed by atoms with Gasteiger partial charge in [-0.2, -0.15) is 0 Å². The predicted molar refractivity (Wildman–Crippen MR) is 71.7 cm³/mol. The van der Waals surface area contributed by atoms with Crippen LogP contribution in [-0.2, 0) is 16.1 Å². The van der Waals surface area contributed by atoms with E-state index in [4.69, 9.17) is 0 Å². The number of ether oxygens (including phenoxy) is 1. The maximum Gasteiger partial charge on any atom is 0.327 e. The monoisotopic (exact) mass is 284 g/mol. The van der Waals surface area contributed by atoms with E-state index in [1.54, 1.807) is 11.8 Å². The van der Waals surface area contributed by atoms with E-state index in [0.29, 0.717) is 10.4 Å². The molecule has 0 radical (unpaired) electrons. The molecule has 7 heteroatoms. The first-order chi connectivity index (χ1) is 9.22. The third-order valence-electron chi connectivity index (χ3n) is 3.65. The lowest BCUT2D eigenvalue weighted by Gasteiger charge is -2.26. The van der Waals surface area contributed by atoms with E-state index in [-0.39, 0.29) is 12.5 Å². The minimum Gasteiger partial charge on any atom is -0.468 e. The lowest BCUT2D eigenvalue weighted by Crippen LogP contribution is -2.18. The Morgan fingerprint density at radius 3 is 2.79 bits per heavy atom. The van der Waals surface area contributed by atoms with E-state index in [2.05, 4.69) is 27.2 Å². The number of thioether (sulfide) groups is 1. The Bertz CT molecular complexity index is 416. The molecule has 0 amide bonds. The van der Waals surface area contributed by atoms with E-state index in [1.807, 2.05) is 0 Å². The van der Waals surface area contributed by atoms with Crippen molar-refractivity contribution in [1.29, 1.82) is 0 Å². The number of carbonyl (C=O) groups is 1. The summed E-state index contributed by atoms with van der Waals surface area (Å²) in [5.74, 6) is 0.548. The zero-order chi connectivity index (χ0) is 13.7. The van der Waals surface area contributed by atoms with Crippen molar-refractivity contribution in [2.75, 3.05) is 7.11 Å². The molecular formula is C12H20N4O2S. The van der Waals surface area contributed by atoms with E-state index >= 15 is 0 Å². The van der Waals surface area contributed by atoms with Crippen LogP contribution in [-0.4, -0.2) is 38.5 Å². The summed E-state index contributed by atoms with van der Waals surface area (Å²) in [6.45, 7) is 2.34. The topological polar surface area (TPSA) is 69.9 Å². The number of esters is 1. The molecule has 1 aromatic heterocycles. The largest absolute Gasteiger partial charge is 0.468 e. The maximum atomic E-state index is 11.3. The smallest absolute Gasteiger partial charge is 0.327 e. The van der Waals surface area contributed by atoms with Crippen LogP contribution in [0.1, 0.15) is 39.0 Å². The van der Waals surface area contributed by atoms with Gasteiger partial charge in [-0.15, -0.1) is 5.10 Å². The molecule has 1 aliphatic carbocycles. The molecule has 0 N–H and O–H groups in total. The fraction of sp³-hybridized carbons (Fsp3) is 0.833. The summed E-state index contributed by atoms with van der Waals surface area (Å²) in [6, 6.07) is 0. The minimum atomic E-state index is -0.330.